The number of nitrogens with zero attached hydrogens (tertiary/aromatic N) is 1. The van der Waals surface area contributed by atoms with E-state index in [0.29, 0.717) is 4.91 Å². The van der Waals surface area contributed by atoms with Gasteiger partial charge in [0.2, 0.25) is 0 Å². The van der Waals surface area contributed by atoms with Crippen molar-refractivity contribution in [2.45, 2.75) is 13.5 Å². The summed E-state index contributed by atoms with van der Waals surface area (Å²) >= 11 is 6.84. The van der Waals surface area contributed by atoms with E-state index in [9.17, 15) is 14.0 Å². The van der Waals surface area contributed by atoms with Gasteiger partial charge in [0.05, 0.1) is 11.4 Å². The van der Waals surface area contributed by atoms with E-state index >= 15 is 0 Å². The molecular weight excluding hydrogens is 373 g/mol. The molecule has 1 fully saturated rings. The minimum absolute atomic E-state index is 0.134. The Bertz CT molecular complexity index is 904. The number of carbonyl (C=O) groups is 2. The lowest BCUT2D eigenvalue weighted by Crippen LogP contribution is -2.28. The van der Waals surface area contributed by atoms with Gasteiger partial charge in [0.1, 0.15) is 5.82 Å². The quantitative estimate of drug-likeness (QED) is 0.635. The van der Waals surface area contributed by atoms with Gasteiger partial charge in [-0.25, -0.2) is 4.39 Å². The maximum atomic E-state index is 13.9. The third kappa shape index (κ3) is 4.06. The third-order valence-electron chi connectivity index (χ3n) is 3.80. The fourth-order valence-electron chi connectivity index (χ4n) is 2.54. The van der Waals surface area contributed by atoms with Crippen LogP contribution in [0.2, 0.25) is 5.02 Å². The van der Waals surface area contributed by atoms with Crippen molar-refractivity contribution in [3.63, 3.8) is 0 Å². The minimum Gasteiger partial charge on any atom is -0.268 e. The molecule has 1 aliphatic rings. The van der Waals surface area contributed by atoms with E-state index in [-0.39, 0.29) is 17.1 Å². The van der Waals surface area contributed by atoms with Gasteiger partial charge in [0, 0.05) is 10.6 Å². The summed E-state index contributed by atoms with van der Waals surface area (Å²) in [6.07, 6.45) is 3.59. The summed E-state index contributed by atoms with van der Waals surface area (Å²) in [5, 5.41) is -0.249. The molecule has 0 saturated carbocycles. The van der Waals surface area contributed by atoms with Crippen LogP contribution in [0.15, 0.2) is 65.1 Å². The second kappa shape index (κ2) is 7.89. The number of thioether (sulfide) groups is 1. The number of benzene rings is 2. The normalized spacial score (nSPS) is 16.7. The van der Waals surface area contributed by atoms with Crippen molar-refractivity contribution in [2.75, 3.05) is 0 Å². The highest BCUT2D eigenvalue weighted by Gasteiger charge is 2.35. The Morgan fingerprint density at radius 3 is 2.58 bits per heavy atom. The number of allylic oxidation sites excluding steroid dienone is 2. The molecule has 0 radical (unpaired) electrons. The molecule has 0 spiro atoms. The molecule has 0 unspecified atom stereocenters. The van der Waals surface area contributed by atoms with E-state index in [2.05, 4.69) is 0 Å². The summed E-state index contributed by atoms with van der Waals surface area (Å²) in [5.74, 6) is -0.985. The SMILES string of the molecule is CC(=C\c1ccccc1)/C=C1/SC(=O)N(Cc2c(F)cccc2Cl)C1=O. The van der Waals surface area contributed by atoms with Crippen LogP contribution in [0.5, 0.6) is 0 Å². The number of amides is 2. The zero-order valence-corrected chi connectivity index (χ0v) is 15.5. The summed E-state index contributed by atoms with van der Waals surface area (Å²) in [5.41, 5.74) is 1.97. The smallest absolute Gasteiger partial charge is 0.268 e. The average molecular weight is 388 g/mol. The lowest BCUT2D eigenvalue weighted by Gasteiger charge is -2.14. The minimum atomic E-state index is -0.541. The Labute approximate surface area is 160 Å². The number of imide groups is 1. The zero-order valence-electron chi connectivity index (χ0n) is 13.9. The number of halogens is 2. The number of carbonyl (C=O) groups excluding carboxylic acids is 2. The molecule has 2 aromatic carbocycles. The predicted octanol–water partition coefficient (Wildman–Crippen LogP) is 5.66. The van der Waals surface area contributed by atoms with Crippen LogP contribution >= 0.6 is 23.4 Å². The highest BCUT2D eigenvalue weighted by atomic mass is 35.5. The zero-order chi connectivity index (χ0) is 18.7. The monoisotopic (exact) mass is 387 g/mol. The maximum absolute atomic E-state index is 13.9. The summed E-state index contributed by atoms with van der Waals surface area (Å²) in [4.78, 5) is 26.1. The first-order valence-electron chi connectivity index (χ1n) is 7.87. The third-order valence-corrected chi connectivity index (χ3v) is 5.07. The Balaban J connectivity index is 1.82. The molecule has 3 nitrogen and oxygen atoms in total. The van der Waals surface area contributed by atoms with Gasteiger partial charge in [-0.1, -0.05) is 54.1 Å². The van der Waals surface area contributed by atoms with E-state index < -0.39 is 17.0 Å². The van der Waals surface area contributed by atoms with Gasteiger partial charge in [0.25, 0.3) is 11.1 Å². The molecule has 0 N–H and O–H groups in total. The van der Waals surface area contributed by atoms with Crippen LogP contribution in [0.4, 0.5) is 9.18 Å². The van der Waals surface area contributed by atoms with Crippen LogP contribution in [0, 0.1) is 5.82 Å². The van der Waals surface area contributed by atoms with Crippen LogP contribution in [-0.4, -0.2) is 16.0 Å². The fraction of sp³-hybridized carbons (Fsp3) is 0.100. The van der Waals surface area contributed by atoms with Crippen LogP contribution < -0.4 is 0 Å². The van der Waals surface area contributed by atoms with Crippen molar-refractivity contribution in [3.8, 4) is 0 Å². The van der Waals surface area contributed by atoms with Crippen LogP contribution in [0.25, 0.3) is 6.08 Å². The van der Waals surface area contributed by atoms with Gasteiger partial charge in [-0.15, -0.1) is 0 Å². The first-order chi connectivity index (χ1) is 12.5. The van der Waals surface area contributed by atoms with Crippen LogP contribution in [-0.2, 0) is 11.3 Å². The fourth-order valence-corrected chi connectivity index (χ4v) is 3.65. The molecule has 2 aromatic rings. The first kappa shape index (κ1) is 18.4. The van der Waals surface area contributed by atoms with E-state index in [0.717, 1.165) is 27.8 Å². The molecule has 3 rings (SSSR count). The van der Waals surface area contributed by atoms with Gasteiger partial charge in [-0.05, 0) is 48.0 Å². The molecule has 0 atom stereocenters. The van der Waals surface area contributed by atoms with Crippen molar-refractivity contribution in [1.29, 1.82) is 0 Å². The Morgan fingerprint density at radius 1 is 1.15 bits per heavy atom. The largest absolute Gasteiger partial charge is 0.293 e. The lowest BCUT2D eigenvalue weighted by atomic mass is 10.1. The van der Waals surface area contributed by atoms with E-state index in [1.807, 2.05) is 43.3 Å². The summed E-state index contributed by atoms with van der Waals surface area (Å²) in [6, 6.07) is 13.9. The van der Waals surface area contributed by atoms with Gasteiger partial charge < -0.3 is 0 Å². The second-order valence-corrected chi connectivity index (χ2v) is 7.17. The van der Waals surface area contributed by atoms with Crippen molar-refractivity contribution < 1.29 is 14.0 Å². The van der Waals surface area contributed by atoms with Gasteiger partial charge in [-0.3, -0.25) is 14.5 Å². The van der Waals surface area contributed by atoms with Crippen LogP contribution in [0.1, 0.15) is 18.1 Å². The maximum Gasteiger partial charge on any atom is 0.293 e. The average Bonchev–Trinajstić information content (AvgIpc) is 2.86. The second-order valence-electron chi connectivity index (χ2n) is 5.77. The molecule has 132 valence electrons. The molecular formula is C20H15ClFNO2S. The molecule has 0 aromatic heterocycles. The Hall–Kier alpha value is -2.37. The molecule has 1 saturated heterocycles. The molecule has 26 heavy (non-hydrogen) atoms. The molecule has 1 aliphatic heterocycles. The molecule has 0 aliphatic carbocycles. The van der Waals surface area contributed by atoms with Crippen molar-refractivity contribution >= 4 is 40.6 Å². The van der Waals surface area contributed by atoms with Crippen LogP contribution in [0.3, 0.4) is 0 Å². The summed E-state index contributed by atoms with van der Waals surface area (Å²) in [6.45, 7) is 1.67. The van der Waals surface area contributed by atoms with E-state index in [1.54, 1.807) is 6.08 Å². The summed E-state index contributed by atoms with van der Waals surface area (Å²) in [7, 11) is 0. The molecule has 0 bridgehead atoms. The highest BCUT2D eigenvalue weighted by Crippen LogP contribution is 2.34. The number of hydrogen-bond acceptors (Lipinski definition) is 3. The predicted molar refractivity (Wildman–Crippen MR) is 103 cm³/mol. The van der Waals surface area contributed by atoms with Crippen molar-refractivity contribution in [2.24, 2.45) is 0 Å². The Kier molecular flexibility index (Phi) is 5.59. The number of hydrogen-bond donors (Lipinski definition) is 0. The summed E-state index contributed by atoms with van der Waals surface area (Å²) < 4.78 is 13.9. The van der Waals surface area contributed by atoms with Gasteiger partial charge in [0.15, 0.2) is 0 Å². The molecule has 2 amide bonds. The topological polar surface area (TPSA) is 37.4 Å². The van der Waals surface area contributed by atoms with E-state index in [4.69, 9.17) is 11.6 Å². The van der Waals surface area contributed by atoms with E-state index in [1.165, 1.54) is 18.2 Å². The highest BCUT2D eigenvalue weighted by molar-refractivity contribution is 8.18. The van der Waals surface area contributed by atoms with Gasteiger partial charge >= 0.3 is 0 Å². The molecule has 6 heteroatoms. The molecule has 1 heterocycles. The lowest BCUT2D eigenvalue weighted by molar-refractivity contribution is -0.123. The van der Waals surface area contributed by atoms with Crippen molar-refractivity contribution in [3.05, 3.63) is 87.1 Å². The number of rotatable bonds is 4. The standard InChI is InChI=1S/C20H15ClFNO2S/c1-13(10-14-6-3-2-4-7-14)11-18-19(24)23(20(25)26-18)12-15-16(21)8-5-9-17(15)22/h2-11H,12H2,1H3/b13-10+,18-11+. The first-order valence-corrected chi connectivity index (χ1v) is 9.07. The van der Waals surface area contributed by atoms with Gasteiger partial charge in [-0.2, -0.15) is 0 Å². The van der Waals surface area contributed by atoms with Crippen molar-refractivity contribution in [1.82, 2.24) is 4.90 Å². The Morgan fingerprint density at radius 2 is 1.88 bits per heavy atom.